The first kappa shape index (κ1) is 22.2. The zero-order valence-corrected chi connectivity index (χ0v) is 19.7. The third kappa shape index (κ3) is 4.34. The largest absolute Gasteiger partial charge is 0.497 e. The molecule has 2 aromatic carbocycles. The highest BCUT2D eigenvalue weighted by atomic mass is 32.1. The molecule has 0 fully saturated rings. The van der Waals surface area contributed by atoms with Crippen LogP contribution in [0.3, 0.4) is 0 Å². The van der Waals surface area contributed by atoms with E-state index in [1.54, 1.807) is 26.2 Å². The van der Waals surface area contributed by atoms with Crippen LogP contribution in [0.25, 0.3) is 26.6 Å². The van der Waals surface area contributed by atoms with E-state index < -0.39 is 5.91 Å². The SMILES string of the molecule is COc1ccc(-c2[nH]n(-c3nc4ccccc4s3)c(=O)c2C(C)=NNC(=O)c2ccncc2)cc1. The summed E-state index contributed by atoms with van der Waals surface area (Å²) in [6.07, 6.45) is 3.05. The molecule has 0 saturated heterocycles. The van der Waals surface area contributed by atoms with E-state index in [1.807, 2.05) is 48.5 Å². The van der Waals surface area contributed by atoms with E-state index in [9.17, 15) is 9.59 Å². The van der Waals surface area contributed by atoms with Gasteiger partial charge in [-0.3, -0.25) is 19.7 Å². The summed E-state index contributed by atoms with van der Waals surface area (Å²) in [5, 5.41) is 7.92. The Morgan fingerprint density at radius 2 is 1.83 bits per heavy atom. The number of hydrogen-bond donors (Lipinski definition) is 2. The summed E-state index contributed by atoms with van der Waals surface area (Å²) in [5.74, 6) is 0.290. The molecule has 0 bridgehead atoms. The number of benzene rings is 2. The highest BCUT2D eigenvalue weighted by molar-refractivity contribution is 7.20. The fraction of sp³-hybridized carbons (Fsp3) is 0.0800. The number of ether oxygens (including phenoxy) is 1. The van der Waals surface area contributed by atoms with Gasteiger partial charge in [0.1, 0.15) is 5.75 Å². The highest BCUT2D eigenvalue weighted by Gasteiger charge is 2.21. The molecule has 3 aromatic heterocycles. The molecule has 10 heteroatoms. The molecule has 0 atom stereocenters. The third-order valence-electron chi connectivity index (χ3n) is 5.37. The Kier molecular flexibility index (Phi) is 5.94. The maximum Gasteiger partial charge on any atom is 0.283 e. The molecule has 0 spiro atoms. The molecule has 0 unspecified atom stereocenters. The minimum Gasteiger partial charge on any atom is -0.497 e. The normalized spacial score (nSPS) is 11.5. The number of methoxy groups -OCH3 is 1. The van der Waals surface area contributed by atoms with Gasteiger partial charge in [0.05, 0.1) is 34.3 Å². The number of para-hydroxylation sites is 1. The number of hydrazone groups is 1. The van der Waals surface area contributed by atoms with Crippen LogP contribution >= 0.6 is 11.3 Å². The van der Waals surface area contributed by atoms with Gasteiger partial charge in [-0.2, -0.15) is 9.78 Å². The molecular weight excluding hydrogens is 464 g/mol. The number of carbonyl (C=O) groups excluding carboxylic acids is 1. The lowest BCUT2D eigenvalue weighted by molar-refractivity contribution is 0.0954. The molecule has 5 aromatic rings. The van der Waals surface area contributed by atoms with Gasteiger partial charge in [-0.25, -0.2) is 10.4 Å². The number of pyridine rings is 1. The standard InChI is InChI=1S/C25H20N6O3S/c1-15(28-29-23(32)17-11-13-26-14-12-17)21-22(16-7-9-18(34-2)10-8-16)30-31(24(21)33)25-27-19-5-3-4-6-20(19)35-25/h3-14,30H,1-2H3,(H,29,32). The second-order valence-electron chi connectivity index (χ2n) is 7.57. The van der Waals surface area contributed by atoms with Crippen molar-refractivity contribution in [3.8, 4) is 22.1 Å². The Labute approximate surface area is 203 Å². The first-order valence-corrected chi connectivity index (χ1v) is 11.5. The number of amides is 1. The van der Waals surface area contributed by atoms with Crippen molar-refractivity contribution in [3.05, 3.63) is 94.5 Å². The summed E-state index contributed by atoms with van der Waals surface area (Å²) in [7, 11) is 1.59. The summed E-state index contributed by atoms with van der Waals surface area (Å²) in [5.41, 5.74) is 5.39. The smallest absolute Gasteiger partial charge is 0.283 e. The van der Waals surface area contributed by atoms with Crippen LogP contribution in [0.4, 0.5) is 0 Å². The van der Waals surface area contributed by atoms with Crippen molar-refractivity contribution in [1.29, 1.82) is 0 Å². The van der Waals surface area contributed by atoms with Crippen molar-refractivity contribution in [2.45, 2.75) is 6.92 Å². The van der Waals surface area contributed by atoms with Gasteiger partial charge in [0.15, 0.2) is 0 Å². The average molecular weight is 485 g/mol. The molecule has 0 saturated carbocycles. The van der Waals surface area contributed by atoms with Crippen LogP contribution in [0, 0.1) is 0 Å². The van der Waals surface area contributed by atoms with Crippen LogP contribution in [0.2, 0.25) is 0 Å². The second-order valence-corrected chi connectivity index (χ2v) is 8.58. The number of hydrogen-bond acceptors (Lipinski definition) is 7. The third-order valence-corrected chi connectivity index (χ3v) is 6.39. The van der Waals surface area contributed by atoms with Crippen LogP contribution in [0.1, 0.15) is 22.8 Å². The maximum absolute atomic E-state index is 13.6. The van der Waals surface area contributed by atoms with Gasteiger partial charge in [-0.15, -0.1) is 0 Å². The number of thiazole rings is 1. The molecule has 5 rings (SSSR count). The monoisotopic (exact) mass is 484 g/mol. The first-order valence-electron chi connectivity index (χ1n) is 10.7. The fourth-order valence-corrected chi connectivity index (χ4v) is 4.51. The van der Waals surface area contributed by atoms with Crippen LogP contribution < -0.4 is 15.7 Å². The zero-order valence-electron chi connectivity index (χ0n) is 18.9. The van der Waals surface area contributed by atoms with Crippen LogP contribution in [-0.2, 0) is 0 Å². The number of H-pyrrole nitrogens is 1. The van der Waals surface area contributed by atoms with Crippen molar-refractivity contribution in [3.63, 3.8) is 0 Å². The van der Waals surface area contributed by atoms with Crippen LogP contribution in [-0.4, -0.2) is 38.5 Å². The Balaban J connectivity index is 1.60. The Morgan fingerprint density at radius 3 is 2.54 bits per heavy atom. The molecule has 1 amide bonds. The van der Waals surface area contributed by atoms with Crippen molar-refractivity contribution >= 4 is 33.2 Å². The summed E-state index contributed by atoms with van der Waals surface area (Å²) in [4.78, 5) is 34.6. The molecular formula is C25H20N6O3S. The fourth-order valence-electron chi connectivity index (χ4n) is 3.59. The second kappa shape index (κ2) is 9.35. The van der Waals surface area contributed by atoms with Crippen molar-refractivity contribution in [2.75, 3.05) is 7.11 Å². The van der Waals surface area contributed by atoms with E-state index in [-0.39, 0.29) is 5.56 Å². The number of rotatable bonds is 6. The minimum atomic E-state index is -0.403. The minimum absolute atomic E-state index is 0.324. The molecule has 0 radical (unpaired) electrons. The Bertz CT molecular complexity index is 1570. The molecule has 0 aliphatic carbocycles. The van der Waals surface area contributed by atoms with E-state index in [0.717, 1.165) is 15.8 Å². The van der Waals surface area contributed by atoms with E-state index in [1.165, 1.54) is 28.4 Å². The lowest BCUT2D eigenvalue weighted by Crippen LogP contribution is -2.23. The van der Waals surface area contributed by atoms with Gasteiger partial charge < -0.3 is 4.74 Å². The number of carbonyl (C=O) groups is 1. The summed E-state index contributed by atoms with van der Waals surface area (Å²) in [6, 6.07) is 18.2. The van der Waals surface area contributed by atoms with Gasteiger partial charge in [0.2, 0.25) is 5.13 Å². The quantitative estimate of drug-likeness (QED) is 0.279. The van der Waals surface area contributed by atoms with E-state index >= 15 is 0 Å². The van der Waals surface area contributed by atoms with E-state index in [0.29, 0.717) is 33.4 Å². The van der Waals surface area contributed by atoms with Crippen molar-refractivity contribution < 1.29 is 9.53 Å². The topological polar surface area (TPSA) is 114 Å². The lowest BCUT2D eigenvalue weighted by atomic mass is 10.1. The molecule has 0 aliphatic heterocycles. The predicted octanol–water partition coefficient (Wildman–Crippen LogP) is 4.00. The van der Waals surface area contributed by atoms with Gasteiger partial charge in [-0.1, -0.05) is 23.5 Å². The van der Waals surface area contributed by atoms with Gasteiger partial charge >= 0.3 is 0 Å². The average Bonchev–Trinajstić information content (AvgIpc) is 3.48. The Morgan fingerprint density at radius 1 is 1.09 bits per heavy atom. The van der Waals surface area contributed by atoms with E-state index in [4.69, 9.17) is 4.74 Å². The predicted molar refractivity (Wildman–Crippen MR) is 135 cm³/mol. The number of fused-ring (bicyclic) bond motifs is 1. The Hall–Kier alpha value is -4.57. The van der Waals surface area contributed by atoms with Crippen LogP contribution in [0.5, 0.6) is 5.75 Å². The van der Waals surface area contributed by atoms with E-state index in [2.05, 4.69) is 25.6 Å². The molecule has 35 heavy (non-hydrogen) atoms. The summed E-state index contributed by atoms with van der Waals surface area (Å²) < 4.78 is 7.63. The number of aromatic nitrogens is 4. The number of nitrogens with one attached hydrogen (secondary N) is 2. The zero-order chi connectivity index (χ0) is 24.4. The van der Waals surface area contributed by atoms with Gasteiger partial charge in [-0.05, 0) is 55.5 Å². The number of nitrogens with zero attached hydrogens (tertiary/aromatic N) is 4. The lowest BCUT2D eigenvalue weighted by Gasteiger charge is -2.05. The molecule has 174 valence electrons. The summed E-state index contributed by atoms with van der Waals surface area (Å²) in [6.45, 7) is 1.67. The maximum atomic E-state index is 13.6. The van der Waals surface area contributed by atoms with Crippen molar-refractivity contribution in [1.82, 2.24) is 25.2 Å². The van der Waals surface area contributed by atoms with Gasteiger partial charge in [0.25, 0.3) is 11.5 Å². The first-order chi connectivity index (χ1) is 17.0. The van der Waals surface area contributed by atoms with Gasteiger partial charge in [0, 0.05) is 23.5 Å². The molecule has 2 N–H and O–H groups in total. The van der Waals surface area contributed by atoms with Crippen LogP contribution in [0.15, 0.2) is 83.0 Å². The molecule has 9 nitrogen and oxygen atoms in total. The number of aromatic amines is 1. The molecule has 3 heterocycles. The molecule has 0 aliphatic rings. The highest BCUT2D eigenvalue weighted by Crippen LogP contribution is 2.27. The summed E-state index contributed by atoms with van der Waals surface area (Å²) >= 11 is 1.40. The van der Waals surface area contributed by atoms with Crippen molar-refractivity contribution in [2.24, 2.45) is 5.10 Å².